The Balaban J connectivity index is 1.31. The molecule has 1 N–H and O–H groups in total. The molecule has 4 saturated carbocycles. The van der Waals surface area contributed by atoms with Gasteiger partial charge in [0, 0.05) is 5.92 Å². The largest absolute Gasteiger partial charge is 0.390 e. The maximum atomic E-state index is 13.1. The molecule has 160 valence electrons. The van der Waals surface area contributed by atoms with E-state index in [0.717, 1.165) is 49.4 Å². The number of aromatic nitrogens is 3. The summed E-state index contributed by atoms with van der Waals surface area (Å²) in [7, 11) is 0. The molecule has 5 rings (SSSR count). The molecule has 1 aromatic heterocycles. The number of hydrogen-bond acceptors (Lipinski definition) is 4. The van der Waals surface area contributed by atoms with E-state index in [0.29, 0.717) is 18.2 Å². The van der Waals surface area contributed by atoms with Crippen LogP contribution in [0.4, 0.5) is 0 Å². The molecule has 0 bridgehead atoms. The van der Waals surface area contributed by atoms with Crippen LogP contribution in [0.15, 0.2) is 12.4 Å². The van der Waals surface area contributed by atoms with Gasteiger partial charge in [0.2, 0.25) is 0 Å². The summed E-state index contributed by atoms with van der Waals surface area (Å²) in [4.78, 5) is 14.7. The lowest BCUT2D eigenvalue weighted by molar-refractivity contribution is -0.133. The zero-order chi connectivity index (χ0) is 20.2. The smallest absolute Gasteiger partial charge is 0.159 e. The molecule has 0 aromatic carbocycles. The van der Waals surface area contributed by atoms with Crippen LogP contribution in [0.25, 0.3) is 0 Å². The minimum Gasteiger partial charge on any atom is -0.390 e. The van der Waals surface area contributed by atoms with E-state index in [-0.39, 0.29) is 11.3 Å². The number of Topliss-reactive ketones (excluding diaryl/α,β-unsaturated/α-hetero) is 1. The maximum Gasteiger partial charge on any atom is 0.159 e. The monoisotopic (exact) mass is 399 g/mol. The van der Waals surface area contributed by atoms with E-state index in [2.05, 4.69) is 24.0 Å². The number of hydrogen-bond donors (Lipinski definition) is 1. The standard InChI is InChI=1S/C24H37N3O2/c1-3-24(29)11-9-17-16(14-24)4-5-19-18(17)8-10-23(2)20(19)6-7-21(23)22(28)15-27-25-12-13-26-27/h12-13,16-21,29H,3-11,14-15H2,1-2H3/t16-,17+,18-,19-,20+,21-,23+,24-/m1/s1. The van der Waals surface area contributed by atoms with Crippen molar-refractivity contribution in [3.63, 3.8) is 0 Å². The number of fused-ring (bicyclic) bond motifs is 5. The van der Waals surface area contributed by atoms with E-state index in [1.165, 1.54) is 38.5 Å². The maximum absolute atomic E-state index is 13.1. The predicted octanol–water partition coefficient (Wildman–Crippen LogP) is 4.26. The van der Waals surface area contributed by atoms with Gasteiger partial charge in [-0.05, 0) is 99.2 Å². The average Bonchev–Trinajstić information content (AvgIpc) is 3.34. The van der Waals surface area contributed by atoms with E-state index >= 15 is 0 Å². The molecule has 4 fully saturated rings. The third-order valence-corrected chi connectivity index (χ3v) is 9.91. The Morgan fingerprint density at radius 3 is 2.55 bits per heavy atom. The minimum absolute atomic E-state index is 0.164. The molecule has 0 spiro atoms. The Bertz CT molecular complexity index is 749. The number of carbonyl (C=O) groups is 1. The van der Waals surface area contributed by atoms with Crippen LogP contribution in [0.2, 0.25) is 0 Å². The first kappa shape index (κ1) is 19.7. The van der Waals surface area contributed by atoms with Gasteiger partial charge in [0.25, 0.3) is 0 Å². The Labute approximate surface area is 174 Å². The fraction of sp³-hybridized carbons (Fsp3) is 0.875. The summed E-state index contributed by atoms with van der Waals surface area (Å²) >= 11 is 0. The van der Waals surface area contributed by atoms with Crippen LogP contribution in [-0.2, 0) is 11.3 Å². The lowest BCUT2D eigenvalue weighted by atomic mass is 9.48. The van der Waals surface area contributed by atoms with Gasteiger partial charge in [0.05, 0.1) is 18.0 Å². The van der Waals surface area contributed by atoms with Gasteiger partial charge in [-0.3, -0.25) is 4.79 Å². The molecule has 0 saturated heterocycles. The first-order valence-electron chi connectivity index (χ1n) is 12.0. The van der Waals surface area contributed by atoms with Gasteiger partial charge in [0.15, 0.2) is 5.78 Å². The Morgan fingerprint density at radius 1 is 1.03 bits per heavy atom. The first-order valence-corrected chi connectivity index (χ1v) is 12.0. The summed E-state index contributed by atoms with van der Waals surface area (Å²) in [6.07, 6.45) is 14.8. The Hall–Kier alpha value is -1.23. The molecule has 0 amide bonds. The molecule has 4 aliphatic rings. The van der Waals surface area contributed by atoms with Crippen LogP contribution < -0.4 is 0 Å². The normalized spacial score (nSPS) is 46.6. The van der Waals surface area contributed by atoms with E-state index in [4.69, 9.17) is 0 Å². The third-order valence-electron chi connectivity index (χ3n) is 9.91. The molecule has 0 radical (unpaired) electrons. The summed E-state index contributed by atoms with van der Waals surface area (Å²) in [5, 5.41) is 19.2. The van der Waals surface area contributed by atoms with Crippen molar-refractivity contribution < 1.29 is 9.90 Å². The molecular weight excluding hydrogens is 362 g/mol. The fourth-order valence-corrected chi connectivity index (χ4v) is 8.39. The number of rotatable bonds is 4. The molecule has 0 unspecified atom stereocenters. The molecule has 5 heteroatoms. The quantitative estimate of drug-likeness (QED) is 0.821. The van der Waals surface area contributed by atoms with Crippen molar-refractivity contribution in [2.45, 2.75) is 90.2 Å². The van der Waals surface area contributed by atoms with Crippen molar-refractivity contribution in [3.05, 3.63) is 12.4 Å². The molecule has 0 aliphatic heterocycles. The summed E-state index contributed by atoms with van der Waals surface area (Å²) < 4.78 is 0. The Morgan fingerprint density at radius 2 is 1.79 bits per heavy atom. The fourth-order valence-electron chi connectivity index (χ4n) is 8.39. The van der Waals surface area contributed by atoms with Crippen LogP contribution in [-0.4, -0.2) is 31.5 Å². The van der Waals surface area contributed by atoms with Crippen LogP contribution in [0.5, 0.6) is 0 Å². The number of nitrogens with zero attached hydrogens (tertiary/aromatic N) is 3. The van der Waals surface area contributed by atoms with Gasteiger partial charge < -0.3 is 5.11 Å². The highest BCUT2D eigenvalue weighted by atomic mass is 16.3. The summed E-state index contributed by atoms with van der Waals surface area (Å²) in [6.45, 7) is 4.89. The topological polar surface area (TPSA) is 68.0 Å². The molecule has 1 heterocycles. The summed E-state index contributed by atoms with van der Waals surface area (Å²) in [6, 6.07) is 0. The van der Waals surface area contributed by atoms with Crippen LogP contribution in [0.3, 0.4) is 0 Å². The highest BCUT2D eigenvalue weighted by molar-refractivity contribution is 5.81. The lowest BCUT2D eigenvalue weighted by Crippen LogP contribution is -2.51. The summed E-state index contributed by atoms with van der Waals surface area (Å²) in [5.74, 6) is 4.38. The second kappa shape index (κ2) is 7.18. The molecular formula is C24H37N3O2. The minimum atomic E-state index is -0.400. The van der Waals surface area contributed by atoms with Gasteiger partial charge in [0.1, 0.15) is 6.54 Å². The third kappa shape index (κ3) is 3.19. The molecule has 8 atom stereocenters. The molecule has 5 nitrogen and oxygen atoms in total. The van der Waals surface area contributed by atoms with Crippen molar-refractivity contribution >= 4 is 5.78 Å². The zero-order valence-corrected chi connectivity index (χ0v) is 18.1. The van der Waals surface area contributed by atoms with Crippen LogP contribution in [0.1, 0.15) is 78.1 Å². The van der Waals surface area contributed by atoms with E-state index in [1.54, 1.807) is 17.2 Å². The predicted molar refractivity (Wildman–Crippen MR) is 111 cm³/mol. The molecule has 1 aromatic rings. The second-order valence-electron chi connectivity index (χ2n) is 11.0. The number of aliphatic hydroxyl groups is 1. The Kier molecular flexibility index (Phi) is 4.88. The van der Waals surface area contributed by atoms with Crippen molar-refractivity contribution in [2.75, 3.05) is 0 Å². The molecule has 4 aliphatic carbocycles. The van der Waals surface area contributed by atoms with E-state index in [1.807, 2.05) is 0 Å². The number of carbonyl (C=O) groups excluding carboxylic acids is 1. The summed E-state index contributed by atoms with van der Waals surface area (Å²) in [5.41, 5.74) is -0.236. The van der Waals surface area contributed by atoms with E-state index in [9.17, 15) is 9.90 Å². The molecule has 29 heavy (non-hydrogen) atoms. The highest BCUT2D eigenvalue weighted by Gasteiger charge is 2.58. The highest BCUT2D eigenvalue weighted by Crippen LogP contribution is 2.64. The van der Waals surface area contributed by atoms with Crippen molar-refractivity contribution in [2.24, 2.45) is 40.9 Å². The van der Waals surface area contributed by atoms with Crippen LogP contribution >= 0.6 is 0 Å². The number of ketones is 1. The van der Waals surface area contributed by atoms with Gasteiger partial charge in [-0.2, -0.15) is 15.0 Å². The second-order valence-corrected chi connectivity index (χ2v) is 11.0. The van der Waals surface area contributed by atoms with E-state index < -0.39 is 5.60 Å². The zero-order valence-electron chi connectivity index (χ0n) is 18.1. The first-order chi connectivity index (χ1) is 13.9. The average molecular weight is 400 g/mol. The van der Waals surface area contributed by atoms with Crippen molar-refractivity contribution in [1.29, 1.82) is 0 Å². The lowest BCUT2D eigenvalue weighted by Gasteiger charge is -2.57. The van der Waals surface area contributed by atoms with Gasteiger partial charge >= 0.3 is 0 Å². The van der Waals surface area contributed by atoms with Gasteiger partial charge in [-0.1, -0.05) is 13.8 Å². The van der Waals surface area contributed by atoms with Crippen molar-refractivity contribution in [3.8, 4) is 0 Å². The van der Waals surface area contributed by atoms with Crippen molar-refractivity contribution in [1.82, 2.24) is 15.0 Å². The van der Waals surface area contributed by atoms with Crippen LogP contribution in [0, 0.1) is 40.9 Å². The SMILES string of the molecule is CC[C@@]1(O)CC[C@H]2[C@H](CC[C@@H]3[C@@H]2CC[C@]2(C)[C@@H](C(=O)Cn4nccn4)CC[C@@H]32)C1. The van der Waals surface area contributed by atoms with Gasteiger partial charge in [-0.15, -0.1) is 0 Å². The van der Waals surface area contributed by atoms with Gasteiger partial charge in [-0.25, -0.2) is 0 Å².